The number of benzene rings is 2. The minimum atomic E-state index is -0.593. The van der Waals surface area contributed by atoms with Gasteiger partial charge in [-0.05, 0) is 29.8 Å². The van der Waals surface area contributed by atoms with Crippen molar-refractivity contribution in [3.05, 3.63) is 52.6 Å². The van der Waals surface area contributed by atoms with E-state index >= 15 is 0 Å². The monoisotopic (exact) mass is 405 g/mol. The summed E-state index contributed by atoms with van der Waals surface area (Å²) in [5.74, 6) is 0.370. The average Bonchev–Trinajstić information content (AvgIpc) is 2.72. The fraction of sp³-hybridized carbons (Fsp3) is 0.200. The Kier molecular flexibility index (Phi) is 7.28. The lowest BCUT2D eigenvalue weighted by atomic mass is 10.1. The van der Waals surface area contributed by atoms with Crippen LogP contribution in [-0.2, 0) is 9.53 Å². The molecular formula is C20H20ClNO6. The van der Waals surface area contributed by atoms with E-state index in [1.807, 2.05) is 0 Å². The Morgan fingerprint density at radius 2 is 1.61 bits per heavy atom. The third kappa shape index (κ3) is 4.95. The second kappa shape index (κ2) is 9.66. The number of ether oxygens (including phenoxy) is 4. The molecule has 0 unspecified atom stereocenters. The van der Waals surface area contributed by atoms with Crippen molar-refractivity contribution in [2.24, 2.45) is 0 Å². The smallest absolute Gasteiger partial charge is 0.341 e. The van der Waals surface area contributed by atoms with Crippen LogP contribution < -0.4 is 19.5 Å². The van der Waals surface area contributed by atoms with E-state index in [0.29, 0.717) is 17.2 Å². The van der Waals surface area contributed by atoms with E-state index in [1.54, 1.807) is 31.4 Å². The largest absolute Gasteiger partial charge is 0.496 e. The van der Waals surface area contributed by atoms with Crippen molar-refractivity contribution in [2.75, 3.05) is 33.8 Å². The molecule has 0 heterocycles. The third-order valence-electron chi connectivity index (χ3n) is 3.79. The SMILES string of the molecule is COC(=O)c1cc(Cl)c(NC(=O)/C=C/c2ccc(OC)c(OC)c2)cc1OC. The first kappa shape index (κ1) is 21.1. The van der Waals surface area contributed by atoms with Crippen LogP contribution in [0, 0.1) is 0 Å². The topological polar surface area (TPSA) is 83.1 Å². The second-order valence-electron chi connectivity index (χ2n) is 5.46. The third-order valence-corrected chi connectivity index (χ3v) is 4.10. The zero-order valence-electron chi connectivity index (χ0n) is 15.9. The highest BCUT2D eigenvalue weighted by molar-refractivity contribution is 6.34. The predicted octanol–water partition coefficient (Wildman–Crippen LogP) is 3.80. The lowest BCUT2D eigenvalue weighted by molar-refractivity contribution is -0.111. The maximum absolute atomic E-state index is 12.2. The molecule has 1 amide bonds. The highest BCUT2D eigenvalue weighted by atomic mass is 35.5. The molecule has 7 nitrogen and oxygen atoms in total. The van der Waals surface area contributed by atoms with Crippen molar-refractivity contribution in [3.8, 4) is 17.2 Å². The van der Waals surface area contributed by atoms with Gasteiger partial charge in [-0.2, -0.15) is 0 Å². The molecule has 2 aromatic rings. The van der Waals surface area contributed by atoms with Gasteiger partial charge in [0.1, 0.15) is 11.3 Å². The number of esters is 1. The number of carbonyl (C=O) groups is 2. The van der Waals surface area contributed by atoms with Gasteiger partial charge < -0.3 is 24.3 Å². The lowest BCUT2D eigenvalue weighted by Crippen LogP contribution is -2.10. The van der Waals surface area contributed by atoms with Crippen LogP contribution in [0.2, 0.25) is 5.02 Å². The molecule has 2 rings (SSSR count). The van der Waals surface area contributed by atoms with Gasteiger partial charge in [-0.25, -0.2) is 4.79 Å². The fourth-order valence-corrected chi connectivity index (χ4v) is 2.60. The Balaban J connectivity index is 2.19. The molecule has 28 heavy (non-hydrogen) atoms. The molecule has 0 aliphatic heterocycles. The summed E-state index contributed by atoms with van der Waals surface area (Å²) in [6.07, 6.45) is 2.96. The molecule has 0 aromatic heterocycles. The number of nitrogens with one attached hydrogen (secondary N) is 1. The van der Waals surface area contributed by atoms with Crippen molar-refractivity contribution >= 4 is 35.2 Å². The van der Waals surface area contributed by atoms with Crippen molar-refractivity contribution in [1.82, 2.24) is 0 Å². The van der Waals surface area contributed by atoms with Crippen LogP contribution >= 0.6 is 11.6 Å². The zero-order valence-corrected chi connectivity index (χ0v) is 16.6. The summed E-state index contributed by atoms with van der Waals surface area (Å²) in [5, 5.41) is 2.82. The first-order valence-electron chi connectivity index (χ1n) is 8.10. The van der Waals surface area contributed by atoms with Gasteiger partial charge in [0.05, 0.1) is 39.1 Å². The van der Waals surface area contributed by atoms with Gasteiger partial charge >= 0.3 is 5.97 Å². The Morgan fingerprint density at radius 1 is 0.929 bits per heavy atom. The maximum atomic E-state index is 12.2. The highest BCUT2D eigenvalue weighted by Gasteiger charge is 2.17. The van der Waals surface area contributed by atoms with E-state index in [1.165, 1.54) is 39.5 Å². The van der Waals surface area contributed by atoms with Crippen LogP contribution in [0.3, 0.4) is 0 Å². The van der Waals surface area contributed by atoms with Gasteiger partial charge in [0, 0.05) is 12.1 Å². The molecular weight excluding hydrogens is 386 g/mol. The van der Waals surface area contributed by atoms with Crippen molar-refractivity contribution < 1.29 is 28.5 Å². The van der Waals surface area contributed by atoms with Gasteiger partial charge in [-0.1, -0.05) is 17.7 Å². The zero-order chi connectivity index (χ0) is 20.7. The molecule has 8 heteroatoms. The molecule has 0 aliphatic rings. The molecule has 0 spiro atoms. The summed E-state index contributed by atoms with van der Waals surface area (Å²) in [4.78, 5) is 24.0. The standard InChI is InChI=1S/C20H20ClNO6/c1-25-16-7-5-12(9-18(16)27-3)6-8-19(23)22-15-11-17(26-2)13(10-14(15)21)20(24)28-4/h5-11H,1-4H3,(H,22,23)/b8-6+. The van der Waals surface area contributed by atoms with Gasteiger partial charge in [-0.3, -0.25) is 4.79 Å². The average molecular weight is 406 g/mol. The molecule has 0 aliphatic carbocycles. The summed E-state index contributed by atoms with van der Waals surface area (Å²) < 4.78 is 20.3. The fourth-order valence-electron chi connectivity index (χ4n) is 2.39. The van der Waals surface area contributed by atoms with E-state index in [4.69, 9.17) is 25.8 Å². The molecule has 1 N–H and O–H groups in total. The quantitative estimate of drug-likeness (QED) is 0.557. The first-order valence-corrected chi connectivity index (χ1v) is 8.48. The number of anilines is 1. The van der Waals surface area contributed by atoms with Crippen LogP contribution in [-0.4, -0.2) is 40.3 Å². The second-order valence-corrected chi connectivity index (χ2v) is 5.87. The van der Waals surface area contributed by atoms with Crippen LogP contribution in [0.25, 0.3) is 6.08 Å². The number of hydrogen-bond acceptors (Lipinski definition) is 6. The van der Waals surface area contributed by atoms with Crippen molar-refractivity contribution in [1.29, 1.82) is 0 Å². The summed E-state index contributed by atoms with van der Waals surface area (Å²) in [5.41, 5.74) is 1.21. The van der Waals surface area contributed by atoms with Crippen LogP contribution in [0.5, 0.6) is 17.2 Å². The highest BCUT2D eigenvalue weighted by Crippen LogP contribution is 2.32. The van der Waals surface area contributed by atoms with Crippen LogP contribution in [0.15, 0.2) is 36.4 Å². The number of hydrogen-bond donors (Lipinski definition) is 1. The summed E-state index contributed by atoms with van der Waals surface area (Å²) >= 11 is 6.16. The molecule has 0 fully saturated rings. The number of carbonyl (C=O) groups excluding carboxylic acids is 2. The Morgan fingerprint density at radius 3 is 2.21 bits per heavy atom. The van der Waals surface area contributed by atoms with Gasteiger partial charge in [0.2, 0.25) is 5.91 Å². The molecule has 0 saturated carbocycles. The van der Waals surface area contributed by atoms with E-state index in [2.05, 4.69) is 10.1 Å². The molecule has 0 atom stereocenters. The number of rotatable bonds is 7. The summed E-state index contributed by atoms with van der Waals surface area (Å²) in [6, 6.07) is 8.09. The minimum Gasteiger partial charge on any atom is -0.496 e. The van der Waals surface area contributed by atoms with E-state index in [0.717, 1.165) is 5.56 Å². The van der Waals surface area contributed by atoms with E-state index in [9.17, 15) is 9.59 Å². The van der Waals surface area contributed by atoms with Crippen molar-refractivity contribution in [2.45, 2.75) is 0 Å². The first-order chi connectivity index (χ1) is 13.4. The normalized spacial score (nSPS) is 10.5. The molecule has 2 aromatic carbocycles. The van der Waals surface area contributed by atoms with Gasteiger partial charge in [-0.15, -0.1) is 0 Å². The predicted molar refractivity (Wildman–Crippen MR) is 107 cm³/mol. The number of halogens is 1. The van der Waals surface area contributed by atoms with E-state index < -0.39 is 11.9 Å². The molecule has 0 saturated heterocycles. The molecule has 0 bridgehead atoms. The summed E-state index contributed by atoms with van der Waals surface area (Å²) in [7, 11) is 5.73. The molecule has 0 radical (unpaired) electrons. The number of methoxy groups -OCH3 is 4. The van der Waals surface area contributed by atoms with Crippen LogP contribution in [0.4, 0.5) is 5.69 Å². The Hall–Kier alpha value is -3.19. The van der Waals surface area contributed by atoms with Crippen LogP contribution in [0.1, 0.15) is 15.9 Å². The number of amides is 1. The van der Waals surface area contributed by atoms with Crippen molar-refractivity contribution in [3.63, 3.8) is 0 Å². The maximum Gasteiger partial charge on any atom is 0.341 e. The summed E-state index contributed by atoms with van der Waals surface area (Å²) in [6.45, 7) is 0. The Labute approximate surface area is 167 Å². The van der Waals surface area contributed by atoms with Gasteiger partial charge in [0.15, 0.2) is 11.5 Å². The van der Waals surface area contributed by atoms with E-state index in [-0.39, 0.29) is 16.3 Å². The minimum absolute atomic E-state index is 0.161. The molecule has 148 valence electrons. The Bertz CT molecular complexity index is 910. The lowest BCUT2D eigenvalue weighted by Gasteiger charge is -2.11. The van der Waals surface area contributed by atoms with Gasteiger partial charge in [0.25, 0.3) is 0 Å².